The lowest BCUT2D eigenvalue weighted by Gasteiger charge is -2.45. The number of carboxylic acid groups (broad SMARTS) is 1. The summed E-state index contributed by atoms with van der Waals surface area (Å²) in [7, 11) is -4.38. The topological polar surface area (TPSA) is 77.8 Å². The lowest BCUT2D eigenvalue weighted by molar-refractivity contribution is -0.141. The highest BCUT2D eigenvalue weighted by molar-refractivity contribution is 8.12. The summed E-state index contributed by atoms with van der Waals surface area (Å²) in [6, 6.07) is 10.1. The number of hydrogen-bond acceptors (Lipinski definition) is 3. The van der Waals surface area contributed by atoms with Gasteiger partial charge in [0.1, 0.15) is 6.04 Å². The molecule has 5 nitrogen and oxygen atoms in total. The van der Waals surface area contributed by atoms with E-state index in [2.05, 4.69) is 11.8 Å². The molecule has 3 rings (SSSR count). The molecular formula is C18H19NO4S2. The fourth-order valence-corrected chi connectivity index (χ4v) is 7.24. The van der Waals surface area contributed by atoms with Crippen LogP contribution < -0.4 is 0 Å². The number of rotatable bonds is 3. The van der Waals surface area contributed by atoms with Crippen LogP contribution in [0, 0.1) is 11.8 Å². The molecule has 0 radical (unpaired) electrons. The Labute approximate surface area is 150 Å². The van der Waals surface area contributed by atoms with Crippen molar-refractivity contribution in [2.75, 3.05) is 6.26 Å². The Morgan fingerprint density at radius 3 is 2.60 bits per heavy atom. The predicted molar refractivity (Wildman–Crippen MR) is 99.0 cm³/mol. The van der Waals surface area contributed by atoms with Gasteiger partial charge in [0.25, 0.3) is 0 Å². The molecule has 132 valence electrons. The number of aliphatic carboxylic acids is 1. The van der Waals surface area contributed by atoms with Gasteiger partial charge in [-0.2, -0.15) is 8.51 Å². The third-order valence-electron chi connectivity index (χ3n) is 4.25. The van der Waals surface area contributed by atoms with Gasteiger partial charge in [-0.3, -0.25) is 9.35 Å². The molecule has 1 aliphatic rings. The third-order valence-corrected chi connectivity index (χ3v) is 8.28. The van der Waals surface area contributed by atoms with Gasteiger partial charge in [-0.25, -0.2) is 0 Å². The van der Waals surface area contributed by atoms with E-state index in [1.165, 1.54) is 21.9 Å². The standard InChI is InChI=1S/C18H19NO4S2/c1-3-15(18(20)21)19-12-16-17(25(19,2,22)23)11-14(24-16)10-9-13-7-5-4-6-8-13/h4-8,11,15H,3,12H2,1-2H3,(H,20,21)(H,22,23). The second-order valence-electron chi connectivity index (χ2n) is 6.08. The molecule has 25 heavy (non-hydrogen) atoms. The number of thiophene rings is 1. The number of benzene rings is 1. The van der Waals surface area contributed by atoms with E-state index in [-0.39, 0.29) is 13.0 Å². The Bertz CT molecular complexity index is 946. The summed E-state index contributed by atoms with van der Waals surface area (Å²) in [6.45, 7) is 1.85. The molecule has 0 amide bonds. The largest absolute Gasteiger partial charge is 0.480 e. The van der Waals surface area contributed by atoms with Crippen molar-refractivity contribution in [3.63, 3.8) is 0 Å². The van der Waals surface area contributed by atoms with E-state index in [0.29, 0.717) is 14.6 Å². The zero-order chi connectivity index (χ0) is 18.3. The Kier molecular flexibility index (Phi) is 4.33. The number of hydrogen-bond donors (Lipinski definition) is 2. The van der Waals surface area contributed by atoms with Crippen molar-refractivity contribution in [2.24, 2.45) is 0 Å². The van der Waals surface area contributed by atoms with Crippen molar-refractivity contribution in [2.45, 2.75) is 30.8 Å². The van der Waals surface area contributed by atoms with Crippen LogP contribution >= 0.6 is 11.3 Å². The summed E-state index contributed by atoms with van der Waals surface area (Å²) in [5.41, 5.74) is 0.868. The molecule has 1 aromatic heterocycles. The lowest BCUT2D eigenvalue weighted by atomic mass is 10.2. The molecule has 0 saturated heterocycles. The van der Waals surface area contributed by atoms with Gasteiger partial charge in [0.05, 0.1) is 16.3 Å². The van der Waals surface area contributed by atoms with Crippen LogP contribution in [0.25, 0.3) is 0 Å². The van der Waals surface area contributed by atoms with Crippen molar-refractivity contribution in [3.05, 3.63) is 51.7 Å². The summed E-state index contributed by atoms with van der Waals surface area (Å²) >= 11 is 1.34. The lowest BCUT2D eigenvalue weighted by Crippen LogP contribution is -2.52. The van der Waals surface area contributed by atoms with Crippen LogP contribution in [0.5, 0.6) is 0 Å². The predicted octanol–water partition coefficient (Wildman–Crippen LogP) is 3.02. The van der Waals surface area contributed by atoms with Crippen LogP contribution in [0.3, 0.4) is 0 Å². The van der Waals surface area contributed by atoms with Crippen molar-refractivity contribution >= 4 is 26.8 Å². The second kappa shape index (κ2) is 6.07. The highest BCUT2D eigenvalue weighted by Crippen LogP contribution is 2.48. The monoisotopic (exact) mass is 377 g/mol. The zero-order valence-corrected chi connectivity index (χ0v) is 15.6. The Hall–Kier alpha value is -1.98. The van der Waals surface area contributed by atoms with Crippen LogP contribution in [0.15, 0.2) is 41.3 Å². The first kappa shape index (κ1) is 17.8. The maximum absolute atomic E-state index is 13.3. The number of carboxylic acids is 1. The second-order valence-corrected chi connectivity index (χ2v) is 10.6. The molecular weight excluding hydrogens is 358 g/mol. The highest BCUT2D eigenvalue weighted by atomic mass is 32.3. The SMILES string of the molecule is CCC(C(=O)O)N1Cc2sc(C#Cc3ccccc3)cc2S1(C)(=O)O. The van der Waals surface area contributed by atoms with E-state index in [1.807, 2.05) is 30.3 Å². The summed E-state index contributed by atoms with van der Waals surface area (Å²) in [6.07, 6.45) is 1.49. The van der Waals surface area contributed by atoms with Gasteiger partial charge in [-0.15, -0.1) is 20.9 Å². The summed E-state index contributed by atoms with van der Waals surface area (Å²) in [4.78, 5) is 13.2. The molecule has 0 aliphatic carbocycles. The van der Waals surface area contributed by atoms with Gasteiger partial charge >= 0.3 is 5.97 Å². The third kappa shape index (κ3) is 3.14. The van der Waals surface area contributed by atoms with E-state index in [0.717, 1.165) is 5.56 Å². The molecule has 1 aliphatic heterocycles. The molecule has 1 aromatic carbocycles. The van der Waals surface area contributed by atoms with E-state index >= 15 is 0 Å². The van der Waals surface area contributed by atoms with E-state index in [9.17, 15) is 18.7 Å². The summed E-state index contributed by atoms with van der Waals surface area (Å²) in [5, 5.41) is 9.37. The smallest absolute Gasteiger partial charge is 0.322 e. The minimum atomic E-state index is -4.38. The average molecular weight is 377 g/mol. The van der Waals surface area contributed by atoms with Gasteiger partial charge in [0.2, 0.25) is 0 Å². The molecule has 2 N–H and O–H groups in total. The maximum atomic E-state index is 13.3. The first-order valence-corrected chi connectivity index (χ1v) is 10.9. The van der Waals surface area contributed by atoms with Gasteiger partial charge < -0.3 is 5.11 Å². The van der Waals surface area contributed by atoms with Crippen molar-refractivity contribution in [1.82, 2.24) is 4.31 Å². The minimum absolute atomic E-state index is 0.149. The summed E-state index contributed by atoms with van der Waals surface area (Å²) in [5.74, 6) is 4.97. The first-order chi connectivity index (χ1) is 11.7. The molecule has 1 unspecified atom stereocenters. The zero-order valence-electron chi connectivity index (χ0n) is 13.9. The summed E-state index contributed by atoms with van der Waals surface area (Å²) < 4.78 is 25.4. The van der Waals surface area contributed by atoms with Crippen molar-refractivity contribution < 1.29 is 18.7 Å². The highest BCUT2D eigenvalue weighted by Gasteiger charge is 2.47. The van der Waals surface area contributed by atoms with Crippen LogP contribution in [0.2, 0.25) is 0 Å². The Morgan fingerprint density at radius 2 is 2.04 bits per heavy atom. The molecule has 2 aromatic rings. The molecule has 0 spiro atoms. The van der Waals surface area contributed by atoms with E-state index < -0.39 is 21.5 Å². The van der Waals surface area contributed by atoms with E-state index in [4.69, 9.17) is 0 Å². The van der Waals surface area contributed by atoms with Crippen molar-refractivity contribution in [3.8, 4) is 11.8 Å². The van der Waals surface area contributed by atoms with Crippen molar-refractivity contribution in [1.29, 1.82) is 0 Å². The van der Waals surface area contributed by atoms with Crippen LogP contribution in [-0.4, -0.2) is 36.4 Å². The first-order valence-electron chi connectivity index (χ1n) is 7.80. The number of carbonyl (C=O) groups is 1. The molecule has 1 atom stereocenters. The molecule has 7 heteroatoms. The van der Waals surface area contributed by atoms with Gasteiger partial charge in [-0.1, -0.05) is 37.0 Å². The van der Waals surface area contributed by atoms with Gasteiger partial charge in [0, 0.05) is 16.7 Å². The fourth-order valence-electron chi connectivity index (χ4n) is 2.97. The quantitative estimate of drug-likeness (QED) is 0.806. The molecule has 2 heterocycles. The average Bonchev–Trinajstić information content (AvgIpc) is 3.04. The number of nitrogens with zero attached hydrogens (tertiary/aromatic N) is 1. The number of fused-ring (bicyclic) bond motifs is 1. The fraction of sp³-hybridized carbons (Fsp3) is 0.278. The maximum Gasteiger partial charge on any atom is 0.322 e. The van der Waals surface area contributed by atoms with Crippen LogP contribution in [0.4, 0.5) is 0 Å². The molecule has 0 bridgehead atoms. The van der Waals surface area contributed by atoms with Gasteiger partial charge in [0.15, 0.2) is 0 Å². The molecule has 0 saturated carbocycles. The minimum Gasteiger partial charge on any atom is -0.480 e. The van der Waals surface area contributed by atoms with Crippen LogP contribution in [0.1, 0.15) is 28.7 Å². The van der Waals surface area contributed by atoms with Crippen LogP contribution in [-0.2, 0) is 20.9 Å². The van der Waals surface area contributed by atoms with E-state index in [1.54, 1.807) is 13.0 Å². The molecule has 0 fully saturated rings. The normalized spacial score (nSPS) is 20.5. The Morgan fingerprint density at radius 1 is 1.36 bits per heavy atom. The Balaban J connectivity index is 1.97. The van der Waals surface area contributed by atoms with Gasteiger partial charge in [-0.05, 0) is 24.6 Å².